The van der Waals surface area contributed by atoms with Gasteiger partial charge in [0.2, 0.25) is 0 Å². The fourth-order valence-electron chi connectivity index (χ4n) is 2.28. The van der Waals surface area contributed by atoms with Gasteiger partial charge in [0.1, 0.15) is 0 Å². The molecule has 0 aromatic rings. The van der Waals surface area contributed by atoms with Gasteiger partial charge in [-0.05, 0) is 32.1 Å². The number of nitrogens with two attached hydrogens (primary N) is 1. The SMILES string of the molecule is CC(C)CC(C)OC(=O)C1CCCC1N. The Morgan fingerprint density at radius 3 is 2.53 bits per heavy atom. The third-order valence-electron chi connectivity index (χ3n) is 2.99. The quantitative estimate of drug-likeness (QED) is 0.727. The summed E-state index contributed by atoms with van der Waals surface area (Å²) in [6.45, 7) is 6.22. The molecular formula is C12H23NO2. The van der Waals surface area contributed by atoms with E-state index in [9.17, 15) is 4.79 Å². The van der Waals surface area contributed by atoms with E-state index in [1.807, 2.05) is 6.92 Å². The predicted molar refractivity (Wildman–Crippen MR) is 60.3 cm³/mol. The van der Waals surface area contributed by atoms with Crippen LogP contribution in [-0.2, 0) is 9.53 Å². The second-order valence-electron chi connectivity index (χ2n) is 5.08. The molecule has 1 aliphatic rings. The largest absolute Gasteiger partial charge is 0.462 e. The molecule has 0 aliphatic heterocycles. The molecule has 3 atom stereocenters. The maximum absolute atomic E-state index is 11.7. The van der Waals surface area contributed by atoms with Crippen LogP contribution < -0.4 is 5.73 Å². The number of ether oxygens (including phenoxy) is 1. The topological polar surface area (TPSA) is 52.3 Å². The Hall–Kier alpha value is -0.570. The first-order valence-electron chi connectivity index (χ1n) is 5.96. The molecule has 0 spiro atoms. The summed E-state index contributed by atoms with van der Waals surface area (Å²) in [4.78, 5) is 11.7. The van der Waals surface area contributed by atoms with Crippen LogP contribution in [0.1, 0.15) is 46.5 Å². The highest BCUT2D eigenvalue weighted by Gasteiger charge is 2.32. The highest BCUT2D eigenvalue weighted by molar-refractivity contribution is 5.73. The van der Waals surface area contributed by atoms with Crippen molar-refractivity contribution < 1.29 is 9.53 Å². The van der Waals surface area contributed by atoms with Gasteiger partial charge < -0.3 is 10.5 Å². The van der Waals surface area contributed by atoms with E-state index in [1.54, 1.807) is 0 Å². The summed E-state index contributed by atoms with van der Waals surface area (Å²) in [7, 11) is 0. The molecule has 3 nitrogen and oxygen atoms in total. The van der Waals surface area contributed by atoms with Crippen LogP contribution in [0.5, 0.6) is 0 Å². The normalized spacial score (nSPS) is 28.1. The summed E-state index contributed by atoms with van der Waals surface area (Å²) >= 11 is 0. The number of carbonyl (C=O) groups excluding carboxylic acids is 1. The van der Waals surface area contributed by atoms with E-state index in [2.05, 4.69) is 13.8 Å². The third-order valence-corrected chi connectivity index (χ3v) is 2.99. The van der Waals surface area contributed by atoms with Gasteiger partial charge in [-0.1, -0.05) is 20.3 Å². The van der Waals surface area contributed by atoms with Crippen LogP contribution in [0, 0.1) is 11.8 Å². The molecular weight excluding hydrogens is 190 g/mol. The van der Waals surface area contributed by atoms with Crippen molar-refractivity contribution in [2.75, 3.05) is 0 Å². The molecule has 1 saturated carbocycles. The average molecular weight is 213 g/mol. The molecule has 1 rings (SSSR count). The Labute approximate surface area is 92.4 Å². The maximum atomic E-state index is 11.7. The van der Waals surface area contributed by atoms with Gasteiger partial charge in [0.25, 0.3) is 0 Å². The van der Waals surface area contributed by atoms with Crippen LogP contribution in [0.2, 0.25) is 0 Å². The van der Waals surface area contributed by atoms with Crippen molar-refractivity contribution >= 4 is 5.97 Å². The van der Waals surface area contributed by atoms with E-state index in [-0.39, 0.29) is 24.0 Å². The molecule has 0 bridgehead atoms. The Morgan fingerprint density at radius 2 is 2.07 bits per heavy atom. The first kappa shape index (κ1) is 12.5. The zero-order valence-electron chi connectivity index (χ0n) is 10.0. The molecule has 3 unspecified atom stereocenters. The van der Waals surface area contributed by atoms with Gasteiger partial charge in [0.15, 0.2) is 0 Å². The van der Waals surface area contributed by atoms with Crippen molar-refractivity contribution in [3.63, 3.8) is 0 Å². The molecule has 0 amide bonds. The first-order chi connectivity index (χ1) is 7.00. The number of esters is 1. The highest BCUT2D eigenvalue weighted by atomic mass is 16.5. The molecule has 3 heteroatoms. The van der Waals surface area contributed by atoms with Crippen LogP contribution in [0.25, 0.3) is 0 Å². The average Bonchev–Trinajstić information content (AvgIpc) is 2.49. The van der Waals surface area contributed by atoms with Crippen LogP contribution in [0.15, 0.2) is 0 Å². The Kier molecular flexibility index (Phi) is 4.58. The van der Waals surface area contributed by atoms with E-state index in [1.165, 1.54) is 0 Å². The maximum Gasteiger partial charge on any atom is 0.310 e. The Morgan fingerprint density at radius 1 is 1.40 bits per heavy atom. The minimum absolute atomic E-state index is 0.0174. The number of hydrogen-bond acceptors (Lipinski definition) is 3. The smallest absolute Gasteiger partial charge is 0.310 e. The number of carbonyl (C=O) groups is 1. The summed E-state index contributed by atoms with van der Waals surface area (Å²) in [5.74, 6) is 0.415. The van der Waals surface area contributed by atoms with Crippen molar-refractivity contribution in [2.45, 2.75) is 58.6 Å². The van der Waals surface area contributed by atoms with Gasteiger partial charge in [-0.15, -0.1) is 0 Å². The van der Waals surface area contributed by atoms with Gasteiger partial charge >= 0.3 is 5.97 Å². The number of rotatable bonds is 4. The summed E-state index contributed by atoms with van der Waals surface area (Å²) in [5, 5.41) is 0. The molecule has 15 heavy (non-hydrogen) atoms. The molecule has 1 fully saturated rings. The van der Waals surface area contributed by atoms with E-state index in [4.69, 9.17) is 10.5 Å². The Bertz CT molecular complexity index is 216. The molecule has 0 saturated heterocycles. The van der Waals surface area contributed by atoms with Gasteiger partial charge in [-0.3, -0.25) is 4.79 Å². The van der Waals surface area contributed by atoms with Gasteiger partial charge in [0, 0.05) is 6.04 Å². The zero-order chi connectivity index (χ0) is 11.4. The molecule has 1 aliphatic carbocycles. The fraction of sp³-hybridized carbons (Fsp3) is 0.917. The lowest BCUT2D eigenvalue weighted by Crippen LogP contribution is -2.33. The summed E-state index contributed by atoms with van der Waals surface area (Å²) in [6.07, 6.45) is 3.85. The van der Waals surface area contributed by atoms with Crippen molar-refractivity contribution in [1.29, 1.82) is 0 Å². The lowest BCUT2D eigenvalue weighted by molar-refractivity contribution is -0.154. The van der Waals surface area contributed by atoms with Crippen LogP contribution in [0.4, 0.5) is 0 Å². The molecule has 88 valence electrons. The van der Waals surface area contributed by atoms with Crippen LogP contribution in [-0.4, -0.2) is 18.1 Å². The second kappa shape index (κ2) is 5.50. The summed E-state index contributed by atoms with van der Waals surface area (Å²) in [6, 6.07) is 0.0174. The molecule has 2 N–H and O–H groups in total. The third kappa shape index (κ3) is 3.82. The van der Waals surface area contributed by atoms with Crippen molar-refractivity contribution in [3.05, 3.63) is 0 Å². The van der Waals surface area contributed by atoms with Gasteiger partial charge in [-0.25, -0.2) is 0 Å². The van der Waals surface area contributed by atoms with Crippen molar-refractivity contribution in [2.24, 2.45) is 17.6 Å². The predicted octanol–water partition coefficient (Wildman–Crippen LogP) is 2.09. The van der Waals surface area contributed by atoms with Gasteiger partial charge in [-0.2, -0.15) is 0 Å². The monoisotopic (exact) mass is 213 g/mol. The minimum atomic E-state index is -0.0897. The summed E-state index contributed by atoms with van der Waals surface area (Å²) < 4.78 is 5.40. The second-order valence-corrected chi connectivity index (χ2v) is 5.08. The van der Waals surface area contributed by atoms with E-state index in [0.717, 1.165) is 25.7 Å². The molecule has 0 heterocycles. The van der Waals surface area contributed by atoms with Crippen molar-refractivity contribution in [3.8, 4) is 0 Å². The minimum Gasteiger partial charge on any atom is -0.462 e. The van der Waals surface area contributed by atoms with Crippen molar-refractivity contribution in [1.82, 2.24) is 0 Å². The standard InChI is InChI=1S/C12H23NO2/c1-8(2)7-9(3)15-12(14)10-5-4-6-11(10)13/h8-11H,4-7,13H2,1-3H3. The van der Waals surface area contributed by atoms with E-state index < -0.39 is 0 Å². The summed E-state index contributed by atoms with van der Waals surface area (Å²) in [5.41, 5.74) is 5.86. The van der Waals surface area contributed by atoms with Gasteiger partial charge in [0.05, 0.1) is 12.0 Å². The van der Waals surface area contributed by atoms with Crippen LogP contribution >= 0.6 is 0 Å². The van der Waals surface area contributed by atoms with Crippen LogP contribution in [0.3, 0.4) is 0 Å². The van der Waals surface area contributed by atoms with E-state index >= 15 is 0 Å². The Balaban J connectivity index is 2.34. The fourth-order valence-corrected chi connectivity index (χ4v) is 2.28. The van der Waals surface area contributed by atoms with E-state index in [0.29, 0.717) is 5.92 Å². The zero-order valence-corrected chi connectivity index (χ0v) is 10.0. The lowest BCUT2D eigenvalue weighted by atomic mass is 10.0. The highest BCUT2D eigenvalue weighted by Crippen LogP contribution is 2.25. The first-order valence-corrected chi connectivity index (χ1v) is 5.96. The molecule has 0 aromatic heterocycles. The lowest BCUT2D eigenvalue weighted by Gasteiger charge is -2.19. The molecule has 0 radical (unpaired) electrons. The molecule has 0 aromatic carbocycles. The number of hydrogen-bond donors (Lipinski definition) is 1.